The summed E-state index contributed by atoms with van der Waals surface area (Å²) in [5.41, 5.74) is 10.0. The topological polar surface area (TPSA) is 119 Å². The van der Waals surface area contributed by atoms with Gasteiger partial charge in [0.15, 0.2) is 0 Å². The molecule has 0 saturated heterocycles. The van der Waals surface area contributed by atoms with Gasteiger partial charge in [-0.2, -0.15) is 0 Å². The molecule has 1 aliphatic rings. The third-order valence-electron chi connectivity index (χ3n) is 5.67. The molecule has 3 heterocycles. The number of halogens is 1. The predicted molar refractivity (Wildman–Crippen MR) is 112 cm³/mol. The highest BCUT2D eigenvalue weighted by molar-refractivity contribution is 6.21. The molecule has 2 aromatic carbocycles. The summed E-state index contributed by atoms with van der Waals surface area (Å²) in [7, 11) is 0. The maximum absolute atomic E-state index is 12.9. The molecule has 168 valence electrons. The molecule has 0 aliphatic carbocycles. The zero-order valence-corrected chi connectivity index (χ0v) is 18.6. The van der Waals surface area contributed by atoms with Gasteiger partial charge in [0.1, 0.15) is 5.76 Å². The number of nitrogens with zero attached hydrogens (tertiary/aromatic N) is 4. The van der Waals surface area contributed by atoms with Crippen molar-refractivity contribution in [1.82, 2.24) is 15.3 Å². The molecule has 2 amide bonds. The summed E-state index contributed by atoms with van der Waals surface area (Å²) in [4.78, 5) is 27.0. The number of nitrogen functional groups attached to an aromatic ring is 1. The van der Waals surface area contributed by atoms with Crippen LogP contribution in [0.3, 0.4) is 0 Å². The second-order valence-electron chi connectivity index (χ2n) is 7.69. The number of carbonyl (C=O) groups is 2. The summed E-state index contributed by atoms with van der Waals surface area (Å²) in [6.45, 7) is 3.83. The van der Waals surface area contributed by atoms with Crippen molar-refractivity contribution in [3.63, 3.8) is 0 Å². The Hall–Kier alpha value is -3.98. The van der Waals surface area contributed by atoms with Crippen molar-refractivity contribution in [2.24, 2.45) is 0 Å². The fourth-order valence-electron chi connectivity index (χ4n) is 4.11. The van der Waals surface area contributed by atoms with Crippen LogP contribution in [0.15, 0.2) is 63.8 Å². The molecule has 10 heteroatoms. The first-order valence-corrected chi connectivity index (χ1v) is 10.1. The Morgan fingerprint density at radius 2 is 1.64 bits per heavy atom. The highest BCUT2D eigenvalue weighted by Gasteiger charge is 2.40. The van der Waals surface area contributed by atoms with Gasteiger partial charge in [0.25, 0.3) is 23.9 Å². The molecule has 0 bridgehead atoms. The Morgan fingerprint density at radius 1 is 1.00 bits per heavy atom. The first-order valence-electron chi connectivity index (χ1n) is 10.1. The summed E-state index contributed by atoms with van der Waals surface area (Å²) in [5, 5.41) is 7.98. The molecule has 0 unspecified atom stereocenters. The van der Waals surface area contributed by atoms with Crippen molar-refractivity contribution in [1.29, 1.82) is 0 Å². The number of aromatic nitrogens is 3. The largest absolute Gasteiger partial charge is 1.00 e. The molecule has 2 aromatic heterocycles. The van der Waals surface area contributed by atoms with Crippen LogP contribution in [0.1, 0.15) is 43.8 Å². The van der Waals surface area contributed by atoms with Crippen molar-refractivity contribution >= 4 is 17.7 Å². The lowest BCUT2D eigenvalue weighted by molar-refractivity contribution is -0.776. The monoisotopic (exact) mass is 465 g/mol. The number of anilines is 1. The van der Waals surface area contributed by atoms with E-state index in [0.717, 1.165) is 28.1 Å². The van der Waals surface area contributed by atoms with Gasteiger partial charge in [-0.25, -0.2) is 0 Å². The average Bonchev–Trinajstić information content (AvgIpc) is 3.44. The van der Waals surface area contributed by atoms with E-state index < -0.39 is 6.04 Å². The zero-order chi connectivity index (χ0) is 22.4. The fourth-order valence-corrected chi connectivity index (χ4v) is 4.11. The molecule has 0 fully saturated rings. The molecule has 0 saturated carbocycles. The highest BCUT2D eigenvalue weighted by atomic mass is 35.5. The lowest BCUT2D eigenvalue weighted by Gasteiger charge is -2.17. The number of hydrogen-bond donors (Lipinski definition) is 1. The number of nitrogens with two attached hydrogens (primary N) is 1. The molecule has 33 heavy (non-hydrogen) atoms. The SMILES string of the molecule is Cc1noc(C)c1-c1ccc([C@H](CN2C(=O)c3ccccc3C2=O)[n+]2cc(N)on2)cc1.[Cl-]. The smallest absolute Gasteiger partial charge is 0.293 e. The number of benzene rings is 2. The van der Waals surface area contributed by atoms with Crippen LogP contribution < -0.4 is 22.8 Å². The van der Waals surface area contributed by atoms with Crippen LogP contribution in [-0.2, 0) is 0 Å². The van der Waals surface area contributed by atoms with Gasteiger partial charge in [0.2, 0.25) is 11.3 Å². The van der Waals surface area contributed by atoms with E-state index in [1.165, 1.54) is 15.8 Å². The van der Waals surface area contributed by atoms with Gasteiger partial charge >= 0.3 is 0 Å². The van der Waals surface area contributed by atoms with Crippen LogP contribution >= 0.6 is 0 Å². The number of imide groups is 1. The number of carbonyl (C=O) groups excluding carboxylic acids is 2. The van der Waals surface area contributed by atoms with E-state index in [4.69, 9.17) is 14.8 Å². The fraction of sp³-hybridized carbons (Fsp3) is 0.174. The number of aryl methyl sites for hydroxylation is 2. The van der Waals surface area contributed by atoms with E-state index in [0.29, 0.717) is 11.1 Å². The predicted octanol–water partition coefficient (Wildman–Crippen LogP) is -0.294. The van der Waals surface area contributed by atoms with Gasteiger partial charge in [0, 0.05) is 11.1 Å². The molecule has 9 nitrogen and oxygen atoms in total. The van der Waals surface area contributed by atoms with E-state index in [9.17, 15) is 9.59 Å². The van der Waals surface area contributed by atoms with Gasteiger partial charge in [0.05, 0.1) is 23.4 Å². The Labute approximate surface area is 195 Å². The van der Waals surface area contributed by atoms with E-state index in [1.807, 2.05) is 38.1 Å². The third kappa shape index (κ3) is 3.76. The molecular weight excluding hydrogens is 446 g/mol. The van der Waals surface area contributed by atoms with E-state index >= 15 is 0 Å². The molecule has 0 radical (unpaired) electrons. The van der Waals surface area contributed by atoms with Crippen LogP contribution in [0.5, 0.6) is 0 Å². The van der Waals surface area contributed by atoms with Crippen LogP contribution in [0, 0.1) is 13.8 Å². The lowest BCUT2D eigenvalue weighted by Crippen LogP contribution is -3.00. The van der Waals surface area contributed by atoms with Gasteiger partial charge < -0.3 is 22.7 Å². The first kappa shape index (κ1) is 22.2. The van der Waals surface area contributed by atoms with Gasteiger partial charge in [-0.3, -0.25) is 19.0 Å². The summed E-state index contributed by atoms with van der Waals surface area (Å²) >= 11 is 0. The maximum Gasteiger partial charge on any atom is 0.293 e. The molecule has 1 atom stereocenters. The minimum absolute atomic E-state index is 0. The van der Waals surface area contributed by atoms with Crippen molar-refractivity contribution in [3.8, 4) is 11.1 Å². The van der Waals surface area contributed by atoms with Gasteiger partial charge in [-0.15, -0.1) is 0 Å². The average molecular weight is 466 g/mol. The summed E-state index contributed by atoms with van der Waals surface area (Å²) < 4.78 is 11.8. The van der Waals surface area contributed by atoms with E-state index in [2.05, 4.69) is 10.4 Å². The molecule has 0 spiro atoms. The van der Waals surface area contributed by atoms with Crippen LogP contribution in [0.2, 0.25) is 0 Å². The van der Waals surface area contributed by atoms with Crippen molar-refractivity contribution in [2.45, 2.75) is 19.9 Å². The number of rotatable bonds is 5. The van der Waals surface area contributed by atoms with Gasteiger partial charge in [-0.1, -0.05) is 41.6 Å². The zero-order valence-electron chi connectivity index (χ0n) is 17.9. The van der Waals surface area contributed by atoms with Crippen LogP contribution in [0.25, 0.3) is 11.1 Å². The summed E-state index contributed by atoms with van der Waals surface area (Å²) in [6, 6.07) is 14.0. The molecule has 1 aliphatic heterocycles. The minimum Gasteiger partial charge on any atom is -1.00 e. The summed E-state index contributed by atoms with van der Waals surface area (Å²) in [6.07, 6.45) is 1.53. The number of amides is 2. The highest BCUT2D eigenvalue weighted by Crippen LogP contribution is 2.29. The maximum atomic E-state index is 12.9. The van der Waals surface area contributed by atoms with Crippen molar-refractivity contribution in [3.05, 3.63) is 82.9 Å². The van der Waals surface area contributed by atoms with E-state index in [-0.39, 0.29) is 36.7 Å². The second-order valence-corrected chi connectivity index (χ2v) is 7.69. The van der Waals surface area contributed by atoms with Crippen molar-refractivity contribution in [2.75, 3.05) is 12.3 Å². The quantitative estimate of drug-likeness (QED) is 0.317. The summed E-state index contributed by atoms with van der Waals surface area (Å²) in [5.74, 6) is 0.196. The number of fused-ring (bicyclic) bond motifs is 1. The van der Waals surface area contributed by atoms with E-state index in [1.54, 1.807) is 24.3 Å². The Morgan fingerprint density at radius 3 is 2.15 bits per heavy atom. The van der Waals surface area contributed by atoms with Crippen LogP contribution in [0.4, 0.5) is 5.88 Å². The minimum atomic E-state index is -0.489. The second kappa shape index (κ2) is 8.51. The Bertz CT molecular complexity index is 1290. The number of hydrogen-bond acceptors (Lipinski definition) is 7. The molecular formula is C23H20ClN5O4. The Kier molecular flexibility index (Phi) is 5.73. The molecule has 4 aromatic rings. The molecule has 5 rings (SSSR count). The molecule has 2 N–H and O–H groups in total. The lowest BCUT2D eigenvalue weighted by atomic mass is 9.99. The van der Waals surface area contributed by atoms with Crippen LogP contribution in [-0.4, -0.2) is 33.7 Å². The third-order valence-corrected chi connectivity index (χ3v) is 5.67. The standard InChI is InChI=1S/C23H20N5O4.ClH/c1-13-21(14(2)31-25-13)16-9-7-15(8-10-16)19(28-12-20(24)32-26-28)11-27-22(29)17-5-3-4-6-18(17)23(27)30;/h3-10,12,19H,11,24H2,1-2H3;1H/q+1;/p-1/t19-;/m0./s1. The normalized spacial score (nSPS) is 13.7. The van der Waals surface area contributed by atoms with Crippen molar-refractivity contribution < 1.29 is 35.7 Å². The van der Waals surface area contributed by atoms with Gasteiger partial charge in [-0.05, 0) is 36.2 Å². The first-order chi connectivity index (χ1) is 15.4. The Balaban J connectivity index is 0.00000259.